The first-order chi connectivity index (χ1) is 13.5. The van der Waals surface area contributed by atoms with E-state index in [0.717, 1.165) is 47.6 Å². The number of aryl methyl sites for hydroxylation is 1. The molecule has 5 aliphatic carbocycles. The topological polar surface area (TPSA) is 50.4 Å². The van der Waals surface area contributed by atoms with E-state index in [1.807, 2.05) is 6.92 Å². The van der Waals surface area contributed by atoms with Gasteiger partial charge < -0.3 is 15.4 Å². The summed E-state index contributed by atoms with van der Waals surface area (Å²) in [6.45, 7) is 2.27. The van der Waals surface area contributed by atoms with Gasteiger partial charge in [-0.15, -0.1) is 11.3 Å². The average molecular weight is 419 g/mol. The molecule has 0 saturated heterocycles. The Bertz CT molecular complexity index is 765. The highest BCUT2D eigenvalue weighted by Gasteiger charge is 2.51. The molecule has 0 aromatic carbocycles. The van der Waals surface area contributed by atoms with Crippen molar-refractivity contribution >= 4 is 39.6 Å². The van der Waals surface area contributed by atoms with E-state index in [1.54, 1.807) is 11.3 Å². The lowest BCUT2D eigenvalue weighted by atomic mass is 9.53. The van der Waals surface area contributed by atoms with Gasteiger partial charge in [-0.2, -0.15) is 0 Å². The van der Waals surface area contributed by atoms with E-state index < -0.39 is 0 Å². The predicted molar refractivity (Wildman–Crippen MR) is 117 cm³/mol. The van der Waals surface area contributed by atoms with Gasteiger partial charge in [0.25, 0.3) is 0 Å². The summed E-state index contributed by atoms with van der Waals surface area (Å²) in [7, 11) is 0. The maximum atomic E-state index is 12.7. The lowest BCUT2D eigenvalue weighted by Gasteiger charge is -2.57. The Kier molecular flexibility index (Phi) is 4.90. The number of hydrogen-bond acceptors (Lipinski definition) is 4. The van der Waals surface area contributed by atoms with Crippen molar-refractivity contribution < 1.29 is 9.53 Å². The van der Waals surface area contributed by atoms with Crippen LogP contribution in [0.15, 0.2) is 0 Å². The zero-order chi connectivity index (χ0) is 19.3. The van der Waals surface area contributed by atoms with E-state index in [2.05, 4.69) is 10.6 Å². The smallest absolute Gasteiger partial charge is 0.341 e. The Morgan fingerprint density at radius 3 is 2.43 bits per heavy atom. The zero-order valence-corrected chi connectivity index (χ0v) is 18.3. The molecule has 0 aliphatic heterocycles. The van der Waals surface area contributed by atoms with Crippen molar-refractivity contribution in [3.8, 4) is 0 Å². The molecular weight excluding hydrogens is 388 g/mol. The van der Waals surface area contributed by atoms with Gasteiger partial charge in [0.1, 0.15) is 5.00 Å². The number of thiocarbonyl (C=S) groups is 1. The van der Waals surface area contributed by atoms with Crippen LogP contribution >= 0.6 is 23.6 Å². The SMILES string of the molecule is CCOC(=O)c1c(NC(=S)NC23CC4CC(CC(C4)C2)C3)sc2c1CCCC2. The molecule has 6 rings (SSSR count). The Labute approximate surface area is 176 Å². The number of ether oxygens (including phenoxy) is 1. The van der Waals surface area contributed by atoms with Gasteiger partial charge in [0, 0.05) is 10.4 Å². The van der Waals surface area contributed by atoms with Crippen molar-refractivity contribution in [2.24, 2.45) is 17.8 Å². The number of hydrogen-bond donors (Lipinski definition) is 2. The van der Waals surface area contributed by atoms with Crippen LogP contribution in [-0.4, -0.2) is 23.2 Å². The number of anilines is 1. The van der Waals surface area contributed by atoms with Crippen molar-refractivity contribution in [1.29, 1.82) is 0 Å². The summed E-state index contributed by atoms with van der Waals surface area (Å²) in [6, 6.07) is 0. The average Bonchev–Trinajstić information content (AvgIpc) is 2.97. The van der Waals surface area contributed by atoms with Gasteiger partial charge in [0.2, 0.25) is 0 Å². The Hall–Kier alpha value is -1.14. The summed E-state index contributed by atoms with van der Waals surface area (Å²) in [5.41, 5.74) is 2.10. The minimum absolute atomic E-state index is 0.180. The number of esters is 1. The first-order valence-electron chi connectivity index (χ1n) is 11.0. The molecule has 28 heavy (non-hydrogen) atoms. The Balaban J connectivity index is 1.35. The van der Waals surface area contributed by atoms with E-state index in [1.165, 1.54) is 55.4 Å². The molecule has 152 valence electrons. The summed E-state index contributed by atoms with van der Waals surface area (Å²) in [4.78, 5) is 14.0. The van der Waals surface area contributed by atoms with Gasteiger partial charge in [0.05, 0.1) is 12.2 Å². The minimum Gasteiger partial charge on any atom is -0.462 e. The highest BCUT2D eigenvalue weighted by molar-refractivity contribution is 7.80. The molecule has 0 unspecified atom stereocenters. The van der Waals surface area contributed by atoms with Gasteiger partial charge in [-0.3, -0.25) is 0 Å². The predicted octanol–water partition coefficient (Wildman–Crippen LogP) is 5.06. The Morgan fingerprint density at radius 1 is 1.14 bits per heavy atom. The fraction of sp³-hybridized carbons (Fsp3) is 0.727. The van der Waals surface area contributed by atoms with Crippen LogP contribution in [0.5, 0.6) is 0 Å². The Morgan fingerprint density at radius 2 is 1.79 bits per heavy atom. The summed E-state index contributed by atoms with van der Waals surface area (Å²) in [5, 5.41) is 8.71. The number of fused-ring (bicyclic) bond motifs is 1. The minimum atomic E-state index is -0.206. The van der Waals surface area contributed by atoms with Crippen LogP contribution in [0.1, 0.15) is 79.1 Å². The first-order valence-corrected chi connectivity index (χ1v) is 12.2. The standard InChI is InChI=1S/C22H30N2O2S2/c1-2-26-20(25)18-16-5-3-4-6-17(16)28-19(18)23-21(27)24-22-10-13-7-14(11-22)9-15(8-13)12-22/h13-15H,2-12H2,1H3,(H2,23,24,27). The molecule has 1 aromatic heterocycles. The van der Waals surface area contributed by atoms with Gasteiger partial charge in [-0.25, -0.2) is 4.79 Å². The molecule has 5 aliphatic rings. The number of carbonyl (C=O) groups is 1. The molecule has 4 nitrogen and oxygen atoms in total. The monoisotopic (exact) mass is 418 g/mol. The summed E-state index contributed by atoms with van der Waals surface area (Å²) in [5.74, 6) is 2.43. The molecule has 2 N–H and O–H groups in total. The van der Waals surface area contributed by atoms with Crippen LogP contribution in [0.2, 0.25) is 0 Å². The highest BCUT2D eigenvalue weighted by Crippen LogP contribution is 2.55. The molecule has 0 amide bonds. The maximum absolute atomic E-state index is 12.7. The molecular formula is C22H30N2O2S2. The maximum Gasteiger partial charge on any atom is 0.341 e. The van der Waals surface area contributed by atoms with Crippen molar-refractivity contribution in [2.75, 3.05) is 11.9 Å². The molecule has 0 radical (unpaired) electrons. The second-order valence-corrected chi connectivity index (χ2v) is 10.9. The second-order valence-electron chi connectivity index (χ2n) is 9.41. The number of rotatable bonds is 4. The van der Waals surface area contributed by atoms with Crippen molar-refractivity contribution in [3.05, 3.63) is 16.0 Å². The first kappa shape index (κ1) is 18.9. The van der Waals surface area contributed by atoms with E-state index in [9.17, 15) is 4.79 Å². The summed E-state index contributed by atoms with van der Waals surface area (Å²) >= 11 is 7.45. The van der Waals surface area contributed by atoms with E-state index in [4.69, 9.17) is 17.0 Å². The lowest BCUT2D eigenvalue weighted by molar-refractivity contribution is -0.00972. The lowest BCUT2D eigenvalue weighted by Crippen LogP contribution is -2.60. The molecule has 0 spiro atoms. The number of nitrogens with one attached hydrogen (secondary N) is 2. The number of thiophene rings is 1. The third kappa shape index (κ3) is 3.36. The summed E-state index contributed by atoms with van der Waals surface area (Å²) < 4.78 is 5.37. The fourth-order valence-corrected chi connectivity index (χ4v) is 8.38. The number of carbonyl (C=O) groups excluding carboxylic acids is 1. The highest BCUT2D eigenvalue weighted by atomic mass is 32.1. The molecule has 4 saturated carbocycles. The van der Waals surface area contributed by atoms with Gasteiger partial charge in [-0.1, -0.05) is 0 Å². The molecule has 4 fully saturated rings. The molecule has 1 aromatic rings. The van der Waals surface area contributed by atoms with Crippen LogP contribution in [0, 0.1) is 17.8 Å². The third-order valence-electron chi connectivity index (χ3n) is 7.29. The van der Waals surface area contributed by atoms with Gasteiger partial charge >= 0.3 is 5.97 Å². The van der Waals surface area contributed by atoms with Gasteiger partial charge in [-0.05, 0) is 107 Å². The van der Waals surface area contributed by atoms with Crippen molar-refractivity contribution in [3.63, 3.8) is 0 Å². The van der Waals surface area contributed by atoms with Crippen molar-refractivity contribution in [2.45, 2.75) is 76.7 Å². The third-order valence-corrected chi connectivity index (χ3v) is 8.71. The molecule has 6 heteroatoms. The van der Waals surface area contributed by atoms with Crippen LogP contribution in [0.25, 0.3) is 0 Å². The zero-order valence-electron chi connectivity index (χ0n) is 16.6. The van der Waals surface area contributed by atoms with E-state index in [-0.39, 0.29) is 11.5 Å². The second kappa shape index (κ2) is 7.28. The van der Waals surface area contributed by atoms with Crippen LogP contribution in [0.4, 0.5) is 5.00 Å². The van der Waals surface area contributed by atoms with Crippen LogP contribution in [-0.2, 0) is 17.6 Å². The largest absolute Gasteiger partial charge is 0.462 e. The quantitative estimate of drug-likeness (QED) is 0.529. The van der Waals surface area contributed by atoms with Crippen molar-refractivity contribution in [1.82, 2.24) is 5.32 Å². The van der Waals surface area contributed by atoms with E-state index >= 15 is 0 Å². The van der Waals surface area contributed by atoms with Crippen LogP contribution < -0.4 is 10.6 Å². The van der Waals surface area contributed by atoms with Gasteiger partial charge in [0.15, 0.2) is 5.11 Å². The van der Waals surface area contributed by atoms with E-state index in [0.29, 0.717) is 11.7 Å². The normalized spacial score (nSPS) is 32.7. The van der Waals surface area contributed by atoms with Crippen LogP contribution in [0.3, 0.4) is 0 Å². The molecule has 1 heterocycles. The fourth-order valence-electron chi connectivity index (χ4n) is 6.71. The summed E-state index contributed by atoms with van der Waals surface area (Å²) in [6.07, 6.45) is 12.4. The molecule has 4 bridgehead atoms. The molecule has 0 atom stereocenters.